The molecule has 8 heteroatoms. The van der Waals surface area contributed by atoms with E-state index in [0.29, 0.717) is 11.0 Å². The Morgan fingerprint density at radius 1 is 1.33 bits per heavy atom. The minimum absolute atomic E-state index is 0.0157. The van der Waals surface area contributed by atoms with Crippen molar-refractivity contribution in [3.8, 4) is 0 Å². The van der Waals surface area contributed by atoms with Crippen LogP contribution in [0, 0.1) is 11.6 Å². The molecule has 0 radical (unpaired) electrons. The Morgan fingerprint density at radius 3 is 2.67 bits per heavy atom. The molecule has 4 nitrogen and oxygen atoms in total. The number of rotatable bonds is 5. The zero-order chi connectivity index (χ0) is 15.6. The molecule has 1 aromatic carbocycles. The molecule has 0 unspecified atom stereocenters. The zero-order valence-electron chi connectivity index (χ0n) is 11.6. The van der Waals surface area contributed by atoms with Crippen LogP contribution in [0.3, 0.4) is 0 Å². The van der Waals surface area contributed by atoms with Crippen LogP contribution in [0.5, 0.6) is 0 Å². The minimum Gasteiger partial charge on any atom is -0.324 e. The second-order valence-electron chi connectivity index (χ2n) is 4.68. The average Bonchev–Trinajstić information content (AvgIpc) is 2.86. The van der Waals surface area contributed by atoms with Gasteiger partial charge in [-0.05, 0) is 41.9 Å². The summed E-state index contributed by atoms with van der Waals surface area (Å²) in [5.74, 6) is -0.371. The van der Waals surface area contributed by atoms with Gasteiger partial charge in [0.1, 0.15) is 17.5 Å². The normalized spacial score (nSPS) is 11.4. The van der Waals surface area contributed by atoms with E-state index in [2.05, 4.69) is 26.1 Å². The molecule has 0 saturated carbocycles. The van der Waals surface area contributed by atoms with Crippen molar-refractivity contribution in [3.05, 3.63) is 39.6 Å². The van der Waals surface area contributed by atoms with Gasteiger partial charge in [-0.1, -0.05) is 11.8 Å². The summed E-state index contributed by atoms with van der Waals surface area (Å²) in [5.41, 5.74) is 5.63. The van der Waals surface area contributed by atoms with Crippen LogP contribution in [0.25, 0.3) is 0 Å². The molecule has 0 atom stereocenters. The lowest BCUT2D eigenvalue weighted by Gasteiger charge is -2.13. The van der Waals surface area contributed by atoms with Crippen LogP contribution < -0.4 is 5.73 Å². The molecule has 2 aromatic rings. The van der Waals surface area contributed by atoms with Gasteiger partial charge in [-0.15, -0.1) is 10.2 Å². The third-order valence-electron chi connectivity index (χ3n) is 2.92. The number of benzene rings is 1. The molecular weight excluding hydrogens is 362 g/mol. The Balaban J connectivity index is 2.25. The van der Waals surface area contributed by atoms with Crippen molar-refractivity contribution in [3.63, 3.8) is 0 Å². The van der Waals surface area contributed by atoms with Gasteiger partial charge >= 0.3 is 0 Å². The van der Waals surface area contributed by atoms with Crippen molar-refractivity contribution >= 4 is 27.7 Å². The van der Waals surface area contributed by atoms with Crippen molar-refractivity contribution < 1.29 is 8.78 Å². The summed E-state index contributed by atoms with van der Waals surface area (Å²) in [4.78, 5) is 0. The monoisotopic (exact) mass is 376 g/mol. The number of hydrogen-bond donors (Lipinski definition) is 1. The largest absolute Gasteiger partial charge is 0.324 e. The van der Waals surface area contributed by atoms with Crippen molar-refractivity contribution in [1.29, 1.82) is 0 Å². The van der Waals surface area contributed by atoms with E-state index in [4.69, 9.17) is 5.73 Å². The van der Waals surface area contributed by atoms with Gasteiger partial charge in [0.2, 0.25) is 0 Å². The molecule has 0 aliphatic carbocycles. The van der Waals surface area contributed by atoms with E-state index in [9.17, 15) is 8.78 Å². The van der Waals surface area contributed by atoms with Gasteiger partial charge in [0.25, 0.3) is 0 Å². The quantitative estimate of drug-likeness (QED) is 0.639. The summed E-state index contributed by atoms with van der Waals surface area (Å²) in [7, 11) is 0. The van der Waals surface area contributed by atoms with Gasteiger partial charge < -0.3 is 10.3 Å². The molecule has 1 heterocycles. The van der Waals surface area contributed by atoms with Crippen LogP contribution in [0.1, 0.15) is 31.3 Å². The molecular formula is C13H15BrF2N4S. The van der Waals surface area contributed by atoms with Crippen molar-refractivity contribution in [2.45, 2.75) is 37.3 Å². The van der Waals surface area contributed by atoms with Crippen molar-refractivity contribution in [2.75, 3.05) is 0 Å². The molecule has 1 aromatic heterocycles. The van der Waals surface area contributed by atoms with Crippen LogP contribution in [-0.2, 0) is 12.3 Å². The van der Waals surface area contributed by atoms with Gasteiger partial charge in [-0.2, -0.15) is 0 Å². The molecule has 0 amide bonds. The maximum atomic E-state index is 13.9. The number of halogens is 3. The fourth-order valence-corrected chi connectivity index (χ4v) is 3.37. The zero-order valence-corrected chi connectivity index (χ0v) is 14.0. The second kappa shape index (κ2) is 6.85. The Kier molecular flexibility index (Phi) is 5.34. The van der Waals surface area contributed by atoms with Gasteiger partial charge in [0, 0.05) is 17.4 Å². The molecule has 2 N–H and O–H groups in total. The van der Waals surface area contributed by atoms with Gasteiger partial charge in [-0.3, -0.25) is 0 Å². The lowest BCUT2D eigenvalue weighted by Crippen LogP contribution is -2.11. The van der Waals surface area contributed by atoms with E-state index < -0.39 is 11.6 Å². The molecule has 0 spiro atoms. The smallest absolute Gasteiger partial charge is 0.191 e. The SMILES string of the molecule is CC(C)n1c(CN)nnc1SCc1c(F)ccc(Br)c1F. The van der Waals surface area contributed by atoms with Crippen LogP contribution in [0.2, 0.25) is 0 Å². The van der Waals surface area contributed by atoms with Gasteiger partial charge in [0.15, 0.2) is 5.16 Å². The molecule has 0 aliphatic heterocycles. The fourth-order valence-electron chi connectivity index (χ4n) is 1.90. The Bertz CT molecular complexity index is 645. The highest BCUT2D eigenvalue weighted by Gasteiger charge is 2.17. The first-order valence-electron chi connectivity index (χ1n) is 6.34. The fraction of sp³-hybridized carbons (Fsp3) is 0.385. The summed E-state index contributed by atoms with van der Waals surface area (Å²) in [6, 6.07) is 2.71. The minimum atomic E-state index is -0.586. The lowest BCUT2D eigenvalue weighted by atomic mass is 10.2. The number of thioether (sulfide) groups is 1. The maximum absolute atomic E-state index is 13.9. The summed E-state index contributed by atoms with van der Waals surface area (Å²) in [6.45, 7) is 4.23. The highest BCUT2D eigenvalue weighted by molar-refractivity contribution is 9.10. The molecule has 114 valence electrons. The van der Waals surface area contributed by atoms with Crippen LogP contribution >= 0.6 is 27.7 Å². The van der Waals surface area contributed by atoms with Gasteiger partial charge in [0.05, 0.1) is 11.0 Å². The van der Waals surface area contributed by atoms with E-state index in [1.165, 1.54) is 23.9 Å². The third kappa shape index (κ3) is 3.44. The van der Waals surface area contributed by atoms with Gasteiger partial charge in [-0.25, -0.2) is 8.78 Å². The summed E-state index contributed by atoms with van der Waals surface area (Å²) in [6.07, 6.45) is 0. The average molecular weight is 377 g/mol. The van der Waals surface area contributed by atoms with Crippen LogP contribution in [0.15, 0.2) is 21.8 Å². The van der Waals surface area contributed by atoms with Crippen molar-refractivity contribution in [1.82, 2.24) is 14.8 Å². The highest BCUT2D eigenvalue weighted by Crippen LogP contribution is 2.29. The summed E-state index contributed by atoms with van der Waals surface area (Å²) in [5, 5.41) is 8.65. The molecule has 0 bridgehead atoms. The van der Waals surface area contributed by atoms with E-state index in [1.807, 2.05) is 18.4 Å². The first-order chi connectivity index (χ1) is 9.95. The topological polar surface area (TPSA) is 56.7 Å². The first kappa shape index (κ1) is 16.4. The number of nitrogens with two attached hydrogens (primary N) is 1. The second-order valence-corrected chi connectivity index (χ2v) is 6.47. The first-order valence-corrected chi connectivity index (χ1v) is 8.12. The van der Waals surface area contributed by atoms with E-state index in [-0.39, 0.29) is 28.4 Å². The lowest BCUT2D eigenvalue weighted by molar-refractivity contribution is 0.525. The molecule has 2 rings (SSSR count). The molecule has 0 saturated heterocycles. The number of aromatic nitrogens is 3. The summed E-state index contributed by atoms with van der Waals surface area (Å²) < 4.78 is 29.8. The summed E-state index contributed by atoms with van der Waals surface area (Å²) >= 11 is 4.29. The van der Waals surface area contributed by atoms with Crippen molar-refractivity contribution in [2.24, 2.45) is 5.73 Å². The molecule has 21 heavy (non-hydrogen) atoms. The van der Waals surface area contributed by atoms with Crippen LogP contribution in [0.4, 0.5) is 8.78 Å². The van der Waals surface area contributed by atoms with Crippen LogP contribution in [-0.4, -0.2) is 14.8 Å². The third-order valence-corrected chi connectivity index (χ3v) is 4.50. The number of nitrogens with zero attached hydrogens (tertiary/aromatic N) is 3. The van der Waals surface area contributed by atoms with E-state index in [1.54, 1.807) is 0 Å². The Labute approximate surface area is 134 Å². The van der Waals surface area contributed by atoms with E-state index in [0.717, 1.165) is 0 Å². The maximum Gasteiger partial charge on any atom is 0.191 e. The Morgan fingerprint density at radius 2 is 2.05 bits per heavy atom. The van der Waals surface area contributed by atoms with E-state index >= 15 is 0 Å². The Hall–Kier alpha value is -0.990. The predicted octanol–water partition coefficient (Wildman–Crippen LogP) is 3.65. The standard InChI is InChI=1S/C13H15BrF2N4S/c1-7(2)20-11(5-17)18-19-13(20)21-6-8-10(15)4-3-9(14)12(8)16/h3-4,7H,5-6,17H2,1-2H3. The molecule has 0 fully saturated rings. The predicted molar refractivity (Wildman–Crippen MR) is 81.9 cm³/mol. The number of hydrogen-bond acceptors (Lipinski definition) is 4. The molecule has 0 aliphatic rings. The highest BCUT2D eigenvalue weighted by atomic mass is 79.9.